The number of fused-ring (bicyclic) bond motifs is 1. The van der Waals surface area contributed by atoms with Crippen LogP contribution in [0, 0.1) is 0 Å². The fraction of sp³-hybridized carbons (Fsp3) is 0.143. The molecule has 1 aromatic carbocycles. The van der Waals surface area contributed by atoms with Crippen LogP contribution in [0.15, 0.2) is 47.4 Å². The summed E-state index contributed by atoms with van der Waals surface area (Å²) in [4.78, 5) is 12.0. The van der Waals surface area contributed by atoms with E-state index in [0.717, 1.165) is 0 Å². The molecule has 2 heterocycles. The number of halogens is 2. The number of rotatable bonds is 4. The number of nitrogens with zero attached hydrogens (tertiary/aromatic N) is 3. The molecule has 0 saturated heterocycles. The molecule has 0 atom stereocenters. The van der Waals surface area contributed by atoms with Gasteiger partial charge in [0.05, 0.1) is 11.6 Å². The zero-order valence-electron chi connectivity index (χ0n) is 10.9. The van der Waals surface area contributed by atoms with E-state index in [0.29, 0.717) is 28.0 Å². The van der Waals surface area contributed by atoms with E-state index in [1.807, 2.05) is 6.07 Å². The molecule has 0 bridgehead atoms. The lowest BCUT2D eigenvalue weighted by Gasteiger charge is -2.07. The Morgan fingerprint density at radius 1 is 1.19 bits per heavy atom. The number of ether oxygens (including phenoxy) is 1. The summed E-state index contributed by atoms with van der Waals surface area (Å²) in [6, 6.07) is 10.4. The Labute approximate surface area is 130 Å². The summed E-state index contributed by atoms with van der Waals surface area (Å²) in [5.41, 5.74) is 0.406. The minimum atomic E-state index is -0.198. The molecular formula is C14H11Cl2N3O2. The fourth-order valence-corrected chi connectivity index (χ4v) is 2.41. The topological polar surface area (TPSA) is 48.5 Å². The highest BCUT2D eigenvalue weighted by atomic mass is 35.5. The normalized spacial score (nSPS) is 11.0. The van der Waals surface area contributed by atoms with Gasteiger partial charge in [-0.3, -0.25) is 4.40 Å². The molecule has 0 amide bonds. The first-order chi connectivity index (χ1) is 10.1. The summed E-state index contributed by atoms with van der Waals surface area (Å²) in [7, 11) is 0. The summed E-state index contributed by atoms with van der Waals surface area (Å²) in [6.07, 6.45) is 1.68. The molecule has 0 aliphatic carbocycles. The summed E-state index contributed by atoms with van der Waals surface area (Å²) in [5, 5.41) is 5.19. The van der Waals surface area contributed by atoms with Gasteiger partial charge in [0, 0.05) is 11.2 Å². The minimum absolute atomic E-state index is 0.198. The third kappa shape index (κ3) is 2.89. The maximum atomic E-state index is 12.0. The lowest BCUT2D eigenvalue weighted by Crippen LogP contribution is -2.23. The quantitative estimate of drug-likeness (QED) is 0.741. The molecule has 0 saturated carbocycles. The Bertz CT molecular complexity index is 842. The molecule has 108 valence electrons. The molecule has 0 N–H and O–H groups in total. The van der Waals surface area contributed by atoms with Crippen LogP contribution in [0.1, 0.15) is 0 Å². The van der Waals surface area contributed by atoms with E-state index in [-0.39, 0.29) is 12.3 Å². The van der Waals surface area contributed by atoms with E-state index in [9.17, 15) is 4.79 Å². The molecule has 2 aromatic heterocycles. The highest BCUT2D eigenvalue weighted by Crippen LogP contribution is 2.27. The van der Waals surface area contributed by atoms with E-state index in [1.165, 1.54) is 9.08 Å². The van der Waals surface area contributed by atoms with Gasteiger partial charge in [-0.2, -0.15) is 0 Å². The second-order valence-electron chi connectivity index (χ2n) is 4.36. The standard InChI is InChI=1S/C14H11Cl2N3O2/c15-10-4-5-12(11(16)9-10)21-8-7-19-14(20)18-6-2-1-3-13(18)17-19/h1-6,9H,7-8H2. The SMILES string of the molecule is O=c1n(CCOc2ccc(Cl)cc2Cl)nc2ccccn12. The van der Waals surface area contributed by atoms with Crippen LogP contribution in [-0.4, -0.2) is 20.8 Å². The van der Waals surface area contributed by atoms with Crippen molar-refractivity contribution in [3.8, 4) is 5.75 Å². The van der Waals surface area contributed by atoms with Crippen molar-refractivity contribution in [1.29, 1.82) is 0 Å². The summed E-state index contributed by atoms with van der Waals surface area (Å²) < 4.78 is 8.39. The van der Waals surface area contributed by atoms with Crippen LogP contribution in [0.2, 0.25) is 10.0 Å². The smallest absolute Gasteiger partial charge is 0.350 e. The summed E-state index contributed by atoms with van der Waals surface area (Å²) >= 11 is 11.8. The Kier molecular flexibility index (Phi) is 3.86. The third-order valence-corrected chi connectivity index (χ3v) is 3.47. The van der Waals surface area contributed by atoms with Crippen molar-refractivity contribution in [1.82, 2.24) is 14.2 Å². The Hall–Kier alpha value is -1.98. The lowest BCUT2D eigenvalue weighted by atomic mass is 10.3. The number of hydrogen-bond donors (Lipinski definition) is 0. The molecule has 3 rings (SSSR count). The van der Waals surface area contributed by atoms with Crippen LogP contribution < -0.4 is 10.4 Å². The van der Waals surface area contributed by atoms with Gasteiger partial charge < -0.3 is 4.74 Å². The highest BCUT2D eigenvalue weighted by Gasteiger charge is 2.07. The molecule has 0 aliphatic heterocycles. The first-order valence-corrected chi connectivity index (χ1v) is 7.03. The number of hydrogen-bond acceptors (Lipinski definition) is 3. The van der Waals surface area contributed by atoms with Crippen LogP contribution >= 0.6 is 23.2 Å². The molecule has 5 nitrogen and oxygen atoms in total. The maximum absolute atomic E-state index is 12.0. The van der Waals surface area contributed by atoms with Crippen LogP contribution in [0.5, 0.6) is 5.75 Å². The number of pyridine rings is 1. The number of benzene rings is 1. The van der Waals surface area contributed by atoms with Crippen LogP contribution in [0.3, 0.4) is 0 Å². The van der Waals surface area contributed by atoms with Gasteiger partial charge in [-0.25, -0.2) is 9.48 Å². The lowest BCUT2D eigenvalue weighted by molar-refractivity contribution is 0.289. The Balaban J connectivity index is 1.72. The van der Waals surface area contributed by atoms with Crippen molar-refractivity contribution in [2.24, 2.45) is 0 Å². The fourth-order valence-electron chi connectivity index (χ4n) is 1.95. The number of aromatic nitrogens is 3. The Morgan fingerprint density at radius 2 is 2.05 bits per heavy atom. The molecule has 21 heavy (non-hydrogen) atoms. The van der Waals surface area contributed by atoms with Gasteiger partial charge in [0.1, 0.15) is 12.4 Å². The van der Waals surface area contributed by atoms with Gasteiger partial charge >= 0.3 is 5.69 Å². The zero-order valence-corrected chi connectivity index (χ0v) is 12.4. The van der Waals surface area contributed by atoms with Gasteiger partial charge in [0.2, 0.25) is 0 Å². The largest absolute Gasteiger partial charge is 0.490 e. The van der Waals surface area contributed by atoms with Crippen molar-refractivity contribution in [2.45, 2.75) is 6.54 Å². The van der Waals surface area contributed by atoms with Gasteiger partial charge in [-0.15, -0.1) is 5.10 Å². The Morgan fingerprint density at radius 3 is 2.81 bits per heavy atom. The second-order valence-corrected chi connectivity index (χ2v) is 5.20. The van der Waals surface area contributed by atoms with Crippen LogP contribution in [0.4, 0.5) is 0 Å². The third-order valence-electron chi connectivity index (χ3n) is 2.94. The first kappa shape index (κ1) is 14.0. The van der Waals surface area contributed by atoms with Crippen LogP contribution in [0.25, 0.3) is 5.65 Å². The maximum Gasteiger partial charge on any atom is 0.350 e. The monoisotopic (exact) mass is 323 g/mol. The molecule has 0 spiro atoms. The average Bonchev–Trinajstić information content (AvgIpc) is 2.79. The van der Waals surface area contributed by atoms with E-state index in [1.54, 1.807) is 36.5 Å². The molecule has 0 unspecified atom stereocenters. The van der Waals surface area contributed by atoms with Crippen molar-refractivity contribution < 1.29 is 4.74 Å². The first-order valence-electron chi connectivity index (χ1n) is 6.27. The molecule has 0 aliphatic rings. The average molecular weight is 324 g/mol. The predicted octanol–water partition coefficient (Wildman–Crippen LogP) is 2.88. The molecular weight excluding hydrogens is 313 g/mol. The van der Waals surface area contributed by atoms with Gasteiger partial charge in [0.15, 0.2) is 5.65 Å². The van der Waals surface area contributed by atoms with Crippen molar-refractivity contribution in [2.75, 3.05) is 6.61 Å². The van der Waals surface area contributed by atoms with Gasteiger partial charge in [0.25, 0.3) is 0 Å². The predicted molar refractivity (Wildman–Crippen MR) is 81.4 cm³/mol. The molecule has 0 fully saturated rings. The van der Waals surface area contributed by atoms with Crippen molar-refractivity contribution in [3.63, 3.8) is 0 Å². The van der Waals surface area contributed by atoms with Crippen molar-refractivity contribution in [3.05, 3.63) is 63.1 Å². The second kappa shape index (κ2) is 5.79. The summed E-state index contributed by atoms with van der Waals surface area (Å²) in [6.45, 7) is 0.616. The highest BCUT2D eigenvalue weighted by molar-refractivity contribution is 6.35. The summed E-state index contributed by atoms with van der Waals surface area (Å²) in [5.74, 6) is 0.526. The minimum Gasteiger partial charge on any atom is -0.490 e. The van der Waals surface area contributed by atoms with E-state index in [4.69, 9.17) is 27.9 Å². The van der Waals surface area contributed by atoms with Crippen molar-refractivity contribution >= 4 is 28.8 Å². The zero-order chi connectivity index (χ0) is 14.8. The van der Waals surface area contributed by atoms with E-state index in [2.05, 4.69) is 5.10 Å². The van der Waals surface area contributed by atoms with Crippen LogP contribution in [-0.2, 0) is 6.54 Å². The molecule has 0 radical (unpaired) electrons. The van der Waals surface area contributed by atoms with Gasteiger partial charge in [-0.05, 0) is 30.3 Å². The van der Waals surface area contributed by atoms with E-state index < -0.39 is 0 Å². The molecule has 3 aromatic rings. The molecule has 7 heteroatoms. The van der Waals surface area contributed by atoms with Gasteiger partial charge in [-0.1, -0.05) is 29.3 Å². The van der Waals surface area contributed by atoms with E-state index >= 15 is 0 Å².